The van der Waals surface area contributed by atoms with E-state index in [9.17, 15) is 5.11 Å². The van der Waals surface area contributed by atoms with E-state index >= 15 is 0 Å². The molecule has 0 aromatic heterocycles. The van der Waals surface area contributed by atoms with Crippen LogP contribution in [0.25, 0.3) is 0 Å². The lowest BCUT2D eigenvalue weighted by molar-refractivity contribution is 0.283. The maximum Gasteiger partial charge on any atom is 0.171 e. The summed E-state index contributed by atoms with van der Waals surface area (Å²) in [6, 6.07) is 6.21. The summed E-state index contributed by atoms with van der Waals surface area (Å²) in [5.41, 5.74) is 7.29. The molecular weight excluding hydrogens is 310 g/mol. The molecule has 0 atom stereocenters. The van der Waals surface area contributed by atoms with Gasteiger partial charge in [0, 0.05) is 28.3 Å². The first-order valence-electron chi connectivity index (χ1n) is 6.32. The summed E-state index contributed by atoms with van der Waals surface area (Å²) in [4.78, 5) is 2.21. The zero-order valence-electron chi connectivity index (χ0n) is 10.6. The Balaban J connectivity index is 2.26. The Morgan fingerprint density at radius 1 is 1.47 bits per heavy atom. The number of anilines is 1. The number of aliphatic hydroxyl groups excluding tert-OH is 1. The van der Waals surface area contributed by atoms with Crippen LogP contribution in [-0.4, -0.2) is 35.3 Å². The first-order valence-corrected chi connectivity index (χ1v) is 7.11. The molecule has 0 heterocycles. The van der Waals surface area contributed by atoms with E-state index in [1.807, 2.05) is 18.2 Å². The second-order valence-corrected chi connectivity index (χ2v) is 5.51. The molecule has 1 aromatic rings. The van der Waals surface area contributed by atoms with Gasteiger partial charge >= 0.3 is 0 Å². The third kappa shape index (κ3) is 3.01. The minimum absolute atomic E-state index is 0.0794. The van der Waals surface area contributed by atoms with Gasteiger partial charge in [0.15, 0.2) is 5.84 Å². The Morgan fingerprint density at radius 3 is 2.68 bits per heavy atom. The monoisotopic (exact) mass is 327 g/mol. The predicted octanol–water partition coefficient (Wildman–Crippen LogP) is 1.89. The van der Waals surface area contributed by atoms with E-state index in [1.165, 1.54) is 19.3 Å². The summed E-state index contributed by atoms with van der Waals surface area (Å²) in [7, 11) is 0. The molecule has 0 unspecified atom stereocenters. The van der Waals surface area contributed by atoms with Crippen molar-refractivity contribution < 1.29 is 10.3 Å². The van der Waals surface area contributed by atoms with Gasteiger partial charge in [-0.3, -0.25) is 0 Å². The number of nitrogens with two attached hydrogens (primary N) is 1. The van der Waals surface area contributed by atoms with Gasteiger partial charge in [0.1, 0.15) is 0 Å². The van der Waals surface area contributed by atoms with Crippen molar-refractivity contribution >= 4 is 27.5 Å². The predicted molar refractivity (Wildman–Crippen MR) is 78.7 cm³/mol. The summed E-state index contributed by atoms with van der Waals surface area (Å²) < 4.78 is 0.780. The largest absolute Gasteiger partial charge is 0.409 e. The molecule has 0 amide bonds. The molecule has 1 fully saturated rings. The van der Waals surface area contributed by atoms with Gasteiger partial charge in [0.2, 0.25) is 0 Å². The van der Waals surface area contributed by atoms with Gasteiger partial charge in [-0.1, -0.05) is 5.16 Å². The first-order chi connectivity index (χ1) is 9.17. The smallest absolute Gasteiger partial charge is 0.171 e. The van der Waals surface area contributed by atoms with Gasteiger partial charge in [-0.15, -0.1) is 0 Å². The van der Waals surface area contributed by atoms with Crippen LogP contribution in [-0.2, 0) is 0 Å². The van der Waals surface area contributed by atoms with Crippen molar-refractivity contribution in [3.8, 4) is 0 Å². The standard InChI is InChI=1S/C13H18BrN3O2/c14-12-8-10(4-5-11(12)13(15)16-19)17(6-7-18)9-2-1-3-9/h4-5,8-9,18-19H,1-3,6-7H2,(H2,15,16). The lowest BCUT2D eigenvalue weighted by Crippen LogP contribution is -2.42. The summed E-state index contributed by atoms with van der Waals surface area (Å²) >= 11 is 3.44. The van der Waals surface area contributed by atoms with Gasteiger partial charge in [0.25, 0.3) is 0 Å². The lowest BCUT2D eigenvalue weighted by Gasteiger charge is -2.39. The summed E-state index contributed by atoms with van der Waals surface area (Å²) in [6.45, 7) is 0.760. The number of halogens is 1. The molecule has 1 aliphatic carbocycles. The zero-order chi connectivity index (χ0) is 13.8. The molecule has 0 radical (unpaired) electrons. The van der Waals surface area contributed by atoms with Crippen molar-refractivity contribution in [2.24, 2.45) is 10.9 Å². The molecule has 104 valence electrons. The molecule has 4 N–H and O–H groups in total. The van der Waals surface area contributed by atoms with Gasteiger partial charge in [-0.05, 0) is 53.4 Å². The molecule has 5 nitrogen and oxygen atoms in total. The normalized spacial score (nSPS) is 16.2. The maximum atomic E-state index is 9.19. The van der Waals surface area contributed by atoms with Gasteiger partial charge < -0.3 is 20.9 Å². The fourth-order valence-electron chi connectivity index (χ4n) is 2.27. The Morgan fingerprint density at radius 2 is 2.21 bits per heavy atom. The number of hydrogen-bond donors (Lipinski definition) is 3. The topological polar surface area (TPSA) is 82.1 Å². The second-order valence-electron chi connectivity index (χ2n) is 4.65. The summed E-state index contributed by atoms with van der Waals surface area (Å²) in [5, 5.41) is 20.9. The van der Waals surface area contributed by atoms with Crippen LogP contribution in [0.1, 0.15) is 24.8 Å². The Labute approximate surface area is 120 Å². The van der Waals surface area contributed by atoms with Crippen molar-refractivity contribution in [1.82, 2.24) is 0 Å². The third-order valence-corrected chi connectivity index (χ3v) is 4.18. The summed E-state index contributed by atoms with van der Waals surface area (Å²) in [6.07, 6.45) is 3.58. The number of nitrogens with zero attached hydrogens (tertiary/aromatic N) is 2. The maximum absolute atomic E-state index is 9.19. The van der Waals surface area contributed by atoms with Gasteiger partial charge in [-0.2, -0.15) is 0 Å². The average molecular weight is 328 g/mol. The first kappa shape index (κ1) is 14.1. The van der Waals surface area contributed by atoms with Crippen LogP contribution in [0.15, 0.2) is 27.8 Å². The molecule has 19 heavy (non-hydrogen) atoms. The molecule has 1 aliphatic rings. The molecule has 6 heteroatoms. The number of amidine groups is 1. The number of rotatable bonds is 5. The number of hydrogen-bond acceptors (Lipinski definition) is 4. The van der Waals surface area contributed by atoms with Crippen molar-refractivity contribution in [2.45, 2.75) is 25.3 Å². The van der Waals surface area contributed by atoms with E-state index in [0.29, 0.717) is 18.2 Å². The molecule has 1 saturated carbocycles. The van der Waals surface area contributed by atoms with Gasteiger partial charge in [0.05, 0.1) is 6.61 Å². The van der Waals surface area contributed by atoms with Crippen LogP contribution in [0.2, 0.25) is 0 Å². The minimum Gasteiger partial charge on any atom is -0.409 e. The zero-order valence-corrected chi connectivity index (χ0v) is 12.2. The van der Waals surface area contributed by atoms with Crippen molar-refractivity contribution in [3.05, 3.63) is 28.2 Å². The highest BCUT2D eigenvalue weighted by Gasteiger charge is 2.25. The molecule has 0 spiro atoms. The quantitative estimate of drug-likeness (QED) is 0.334. The highest BCUT2D eigenvalue weighted by Crippen LogP contribution is 2.31. The number of oxime groups is 1. The Kier molecular flexibility index (Phi) is 4.66. The highest BCUT2D eigenvalue weighted by molar-refractivity contribution is 9.10. The Hall–Kier alpha value is -1.27. The molecule has 0 saturated heterocycles. The number of benzene rings is 1. The van der Waals surface area contributed by atoms with Crippen molar-refractivity contribution in [3.63, 3.8) is 0 Å². The van der Waals surface area contributed by atoms with Crippen LogP contribution < -0.4 is 10.6 Å². The SMILES string of the molecule is N/C(=N/O)c1ccc(N(CCO)C2CCC2)cc1Br. The molecule has 2 rings (SSSR count). The van der Waals surface area contributed by atoms with Crippen LogP contribution >= 0.6 is 15.9 Å². The number of aliphatic hydroxyl groups is 1. The van der Waals surface area contributed by atoms with E-state index < -0.39 is 0 Å². The second kappa shape index (κ2) is 6.25. The van der Waals surface area contributed by atoms with Crippen LogP contribution in [0.4, 0.5) is 5.69 Å². The van der Waals surface area contributed by atoms with Crippen LogP contribution in [0, 0.1) is 0 Å². The average Bonchev–Trinajstić information content (AvgIpc) is 2.35. The molecule has 0 bridgehead atoms. The van der Waals surface area contributed by atoms with Crippen molar-refractivity contribution in [1.29, 1.82) is 0 Å². The van der Waals surface area contributed by atoms with E-state index in [1.54, 1.807) is 0 Å². The van der Waals surface area contributed by atoms with Crippen molar-refractivity contribution in [2.75, 3.05) is 18.1 Å². The van der Waals surface area contributed by atoms with E-state index in [2.05, 4.69) is 26.0 Å². The molecule has 0 aliphatic heterocycles. The summed E-state index contributed by atoms with van der Waals surface area (Å²) in [5.74, 6) is 0.0794. The Bertz CT molecular complexity index is 475. The fraction of sp³-hybridized carbons (Fsp3) is 0.462. The lowest BCUT2D eigenvalue weighted by atomic mass is 9.91. The highest BCUT2D eigenvalue weighted by atomic mass is 79.9. The third-order valence-electron chi connectivity index (χ3n) is 3.52. The molecular formula is C13H18BrN3O2. The van der Waals surface area contributed by atoms with Crippen LogP contribution in [0.3, 0.4) is 0 Å². The van der Waals surface area contributed by atoms with E-state index in [0.717, 1.165) is 10.2 Å². The molecule has 1 aromatic carbocycles. The minimum atomic E-state index is 0.0794. The van der Waals surface area contributed by atoms with E-state index in [4.69, 9.17) is 10.9 Å². The van der Waals surface area contributed by atoms with Gasteiger partial charge in [-0.25, -0.2) is 0 Å². The fourth-order valence-corrected chi connectivity index (χ4v) is 2.84. The van der Waals surface area contributed by atoms with Crippen LogP contribution in [0.5, 0.6) is 0 Å². The van der Waals surface area contributed by atoms with E-state index in [-0.39, 0.29) is 12.4 Å².